The number of rotatable bonds is 13. The van der Waals surface area contributed by atoms with Crippen molar-refractivity contribution in [3.8, 4) is 5.75 Å². The molecule has 2 aromatic rings. The molecular formula is C40H55N7O12. The van der Waals surface area contributed by atoms with Crippen LogP contribution in [0.3, 0.4) is 0 Å². The van der Waals surface area contributed by atoms with E-state index in [-0.39, 0.29) is 56.7 Å². The summed E-state index contributed by atoms with van der Waals surface area (Å²) in [6.07, 6.45) is -2.28. The van der Waals surface area contributed by atoms with Crippen molar-refractivity contribution in [3.05, 3.63) is 59.7 Å². The molecule has 59 heavy (non-hydrogen) atoms. The van der Waals surface area contributed by atoms with Crippen LogP contribution >= 0.6 is 0 Å². The van der Waals surface area contributed by atoms with Crippen LogP contribution in [-0.4, -0.2) is 129 Å². The standard InChI is InChI=1S/C40H55N7O12/c1-39(2,3)58-31(48)24-45-21-22-46(30(34(45)51)11-10-20-42-36(52)59-40(4,5)6)33(50)29(23-25-12-18-28(55-7)19-13-25)43-32(49)26-14-16-27(17-15-26)47(38(54)57-9)35(41)44-37(53)56-8/h12-19,29-30H,10-11,20-24H2,1-9H3,(H,42,52)(H,43,49)(H2,41,44,53)/t29?,30-/m0/s1. The van der Waals surface area contributed by atoms with Gasteiger partial charge in [-0.15, -0.1) is 0 Å². The smallest absolute Gasteiger partial charge is 0.421 e. The molecule has 1 aliphatic rings. The molecule has 3 rings (SSSR count). The Kier molecular flexibility index (Phi) is 16.6. The highest BCUT2D eigenvalue weighted by molar-refractivity contribution is 6.16. The van der Waals surface area contributed by atoms with Crippen LogP contribution in [0.4, 0.5) is 20.1 Å². The second-order valence-corrected chi connectivity index (χ2v) is 15.4. The summed E-state index contributed by atoms with van der Waals surface area (Å²) in [6, 6.07) is 9.99. The Hall–Kier alpha value is -6.40. The number of hydrogen-bond acceptors (Lipinski definition) is 13. The van der Waals surface area contributed by atoms with E-state index >= 15 is 0 Å². The maximum absolute atomic E-state index is 14.6. The van der Waals surface area contributed by atoms with E-state index in [1.807, 2.05) is 0 Å². The van der Waals surface area contributed by atoms with Gasteiger partial charge >= 0.3 is 24.2 Å². The number of ether oxygens (including phenoxy) is 5. The molecular weight excluding hydrogens is 770 g/mol. The first-order valence-corrected chi connectivity index (χ1v) is 18.8. The summed E-state index contributed by atoms with van der Waals surface area (Å²) in [4.78, 5) is 95.3. The number of esters is 1. The molecule has 1 unspecified atom stereocenters. The number of carbonyl (C=O) groups is 7. The van der Waals surface area contributed by atoms with Gasteiger partial charge < -0.3 is 44.1 Å². The van der Waals surface area contributed by atoms with Gasteiger partial charge in [0.2, 0.25) is 17.8 Å². The van der Waals surface area contributed by atoms with Crippen molar-refractivity contribution in [3.63, 3.8) is 0 Å². The lowest BCUT2D eigenvalue weighted by Crippen LogP contribution is -2.63. The van der Waals surface area contributed by atoms with E-state index in [4.69, 9.17) is 24.4 Å². The van der Waals surface area contributed by atoms with Gasteiger partial charge in [0.05, 0.1) is 27.0 Å². The van der Waals surface area contributed by atoms with Gasteiger partial charge in [-0.3, -0.25) is 29.9 Å². The first-order valence-electron chi connectivity index (χ1n) is 18.8. The fourth-order valence-corrected chi connectivity index (χ4v) is 5.89. The topological polar surface area (TPSA) is 235 Å². The zero-order chi connectivity index (χ0) is 44.1. The van der Waals surface area contributed by atoms with Crippen molar-refractivity contribution in [2.75, 3.05) is 52.4 Å². The van der Waals surface area contributed by atoms with Gasteiger partial charge in [0, 0.05) is 31.6 Å². The zero-order valence-corrected chi connectivity index (χ0v) is 35.0. The fourth-order valence-electron chi connectivity index (χ4n) is 5.89. The number of nitrogens with zero attached hydrogens (tertiary/aromatic N) is 3. The predicted octanol–water partition coefficient (Wildman–Crippen LogP) is 3.59. The molecule has 2 atom stereocenters. The number of hydrogen-bond donors (Lipinski definition) is 4. The van der Waals surface area contributed by atoms with Crippen LogP contribution < -0.4 is 25.6 Å². The van der Waals surface area contributed by atoms with Gasteiger partial charge in [0.25, 0.3) is 5.91 Å². The molecule has 1 aliphatic heterocycles. The van der Waals surface area contributed by atoms with E-state index in [1.165, 1.54) is 41.2 Å². The van der Waals surface area contributed by atoms with Gasteiger partial charge in [-0.1, -0.05) is 12.1 Å². The van der Waals surface area contributed by atoms with Crippen molar-refractivity contribution < 1.29 is 57.2 Å². The van der Waals surface area contributed by atoms with Gasteiger partial charge in [-0.05, 0) is 96.3 Å². The predicted molar refractivity (Wildman–Crippen MR) is 214 cm³/mol. The van der Waals surface area contributed by atoms with E-state index in [0.717, 1.165) is 19.1 Å². The van der Waals surface area contributed by atoms with Crippen molar-refractivity contribution >= 4 is 53.6 Å². The van der Waals surface area contributed by atoms with Crippen LogP contribution in [0.2, 0.25) is 0 Å². The van der Waals surface area contributed by atoms with E-state index in [2.05, 4.69) is 20.7 Å². The summed E-state index contributed by atoms with van der Waals surface area (Å²) in [5.74, 6) is -2.47. The third-order valence-electron chi connectivity index (χ3n) is 8.51. The molecule has 0 saturated carbocycles. The van der Waals surface area contributed by atoms with Crippen LogP contribution in [0.25, 0.3) is 0 Å². The van der Waals surface area contributed by atoms with E-state index in [0.29, 0.717) is 11.3 Å². The number of methoxy groups -OCH3 is 3. The molecule has 0 radical (unpaired) electrons. The summed E-state index contributed by atoms with van der Waals surface area (Å²) in [5.41, 5.74) is -0.715. The molecule has 0 bridgehead atoms. The van der Waals surface area contributed by atoms with Gasteiger partial charge in [-0.2, -0.15) is 0 Å². The number of guanidine groups is 1. The number of benzene rings is 2. The Morgan fingerprint density at radius 1 is 0.847 bits per heavy atom. The van der Waals surface area contributed by atoms with Crippen LogP contribution in [-0.2, 0) is 39.8 Å². The maximum atomic E-state index is 14.6. The number of anilines is 1. The van der Waals surface area contributed by atoms with E-state index < -0.39 is 71.2 Å². The quantitative estimate of drug-likeness (QED) is 0.0746. The molecule has 322 valence electrons. The third-order valence-corrected chi connectivity index (χ3v) is 8.51. The Labute approximate surface area is 343 Å². The first kappa shape index (κ1) is 47.0. The molecule has 1 fully saturated rings. The number of alkyl carbamates (subject to hydrolysis) is 2. The monoisotopic (exact) mass is 825 g/mol. The normalized spacial score (nSPS) is 14.6. The van der Waals surface area contributed by atoms with E-state index in [9.17, 15) is 33.6 Å². The highest BCUT2D eigenvalue weighted by atomic mass is 16.6. The minimum absolute atomic E-state index is 0.0116. The summed E-state index contributed by atoms with van der Waals surface area (Å²) in [6.45, 7) is 10.1. The van der Waals surface area contributed by atoms with Crippen molar-refractivity contribution in [1.29, 1.82) is 5.41 Å². The molecule has 2 aromatic carbocycles. The largest absolute Gasteiger partial charge is 0.497 e. The summed E-state index contributed by atoms with van der Waals surface area (Å²) in [5, 5.41) is 15.7. The molecule has 19 nitrogen and oxygen atoms in total. The lowest BCUT2D eigenvalue weighted by atomic mass is 9.99. The Bertz CT molecular complexity index is 1840. The highest BCUT2D eigenvalue weighted by Crippen LogP contribution is 2.22. The van der Waals surface area contributed by atoms with Gasteiger partial charge in [-0.25, -0.2) is 19.3 Å². The number of piperazine rings is 1. The van der Waals surface area contributed by atoms with Crippen LogP contribution in [0, 0.1) is 5.41 Å². The average Bonchev–Trinajstić information content (AvgIpc) is 3.16. The SMILES string of the molecule is COC(=O)NC(=N)N(C(=O)OC)c1ccc(C(=O)NC(Cc2ccc(OC)cc2)C(=O)N2CCN(CC(=O)OC(C)(C)C)C(=O)[C@@H]2CCCNC(=O)OC(C)(C)C)cc1. The maximum Gasteiger partial charge on any atom is 0.421 e. The Balaban J connectivity index is 1.93. The fraction of sp³-hybridized carbons (Fsp3) is 0.500. The molecule has 0 spiro atoms. The summed E-state index contributed by atoms with van der Waals surface area (Å²) < 4.78 is 25.3. The second kappa shape index (κ2) is 20.9. The van der Waals surface area contributed by atoms with Gasteiger partial charge in [0.15, 0.2) is 0 Å². The molecule has 0 aliphatic carbocycles. The van der Waals surface area contributed by atoms with Crippen molar-refractivity contribution in [2.24, 2.45) is 0 Å². The second-order valence-electron chi connectivity index (χ2n) is 15.4. The summed E-state index contributed by atoms with van der Waals surface area (Å²) >= 11 is 0. The Morgan fingerprint density at radius 2 is 1.47 bits per heavy atom. The van der Waals surface area contributed by atoms with E-state index in [1.54, 1.807) is 65.8 Å². The Morgan fingerprint density at radius 3 is 2.03 bits per heavy atom. The number of amides is 6. The number of carbonyl (C=O) groups excluding carboxylic acids is 7. The summed E-state index contributed by atoms with van der Waals surface area (Å²) in [7, 11) is 3.68. The van der Waals surface area contributed by atoms with Crippen LogP contribution in [0.1, 0.15) is 70.3 Å². The molecule has 4 N–H and O–H groups in total. The van der Waals surface area contributed by atoms with Crippen LogP contribution in [0.15, 0.2) is 48.5 Å². The third kappa shape index (κ3) is 14.5. The minimum Gasteiger partial charge on any atom is -0.497 e. The highest BCUT2D eigenvalue weighted by Gasteiger charge is 2.41. The number of nitrogens with one attached hydrogen (secondary N) is 4. The molecule has 1 saturated heterocycles. The van der Waals surface area contributed by atoms with Crippen molar-refractivity contribution in [2.45, 2.75) is 84.1 Å². The lowest BCUT2D eigenvalue weighted by molar-refractivity contribution is -0.163. The average molecular weight is 826 g/mol. The molecule has 0 aromatic heterocycles. The molecule has 1 heterocycles. The first-order chi connectivity index (χ1) is 27.7. The van der Waals surface area contributed by atoms with Crippen molar-refractivity contribution in [1.82, 2.24) is 25.8 Å². The molecule has 19 heteroatoms. The van der Waals surface area contributed by atoms with Gasteiger partial charge in [0.1, 0.15) is 35.6 Å². The molecule has 6 amide bonds. The van der Waals surface area contributed by atoms with Crippen LogP contribution in [0.5, 0.6) is 5.75 Å². The zero-order valence-electron chi connectivity index (χ0n) is 35.0. The minimum atomic E-state index is -1.20. The lowest BCUT2D eigenvalue weighted by Gasteiger charge is -2.42.